The van der Waals surface area contributed by atoms with Crippen LogP contribution < -0.4 is 10.1 Å². The molecule has 1 aromatic heterocycles. The van der Waals surface area contributed by atoms with Gasteiger partial charge in [0, 0.05) is 6.54 Å². The lowest BCUT2D eigenvalue weighted by Gasteiger charge is -2.11. The van der Waals surface area contributed by atoms with Gasteiger partial charge in [0.15, 0.2) is 11.0 Å². The Labute approximate surface area is 179 Å². The lowest BCUT2D eigenvalue weighted by atomic mass is 10.1. The van der Waals surface area contributed by atoms with E-state index in [4.69, 9.17) is 16.3 Å². The second kappa shape index (κ2) is 9.80. The average molecular weight is 431 g/mol. The molecule has 8 heteroatoms. The first-order valence-corrected chi connectivity index (χ1v) is 10.6. The fourth-order valence-electron chi connectivity index (χ4n) is 2.73. The number of carbonyl (C=O) groups excluding carboxylic acids is 1. The Hall–Kier alpha value is -2.51. The van der Waals surface area contributed by atoms with Crippen molar-refractivity contribution in [2.45, 2.75) is 39.1 Å². The maximum Gasteiger partial charge on any atom is 0.234 e. The van der Waals surface area contributed by atoms with Crippen LogP contribution in [-0.4, -0.2) is 26.4 Å². The molecule has 0 radical (unpaired) electrons. The Kier molecular flexibility index (Phi) is 7.17. The van der Waals surface area contributed by atoms with Crippen LogP contribution >= 0.6 is 23.4 Å². The van der Waals surface area contributed by atoms with Crippen molar-refractivity contribution in [1.29, 1.82) is 0 Å². The molecule has 3 aromatic rings. The van der Waals surface area contributed by atoms with Crippen LogP contribution in [0.1, 0.15) is 23.9 Å². The Morgan fingerprint density at radius 1 is 1.21 bits per heavy atom. The van der Waals surface area contributed by atoms with Gasteiger partial charge >= 0.3 is 0 Å². The highest BCUT2D eigenvalue weighted by Gasteiger charge is 2.14. The molecule has 0 bridgehead atoms. The van der Waals surface area contributed by atoms with E-state index < -0.39 is 0 Å². The molecule has 0 aliphatic heterocycles. The molecular formula is C21H23ClN4O2S. The number of benzene rings is 2. The number of aryl methyl sites for hydroxylation is 2. The zero-order valence-electron chi connectivity index (χ0n) is 16.6. The number of halogens is 1. The molecule has 0 aliphatic rings. The Morgan fingerprint density at radius 3 is 2.76 bits per heavy atom. The Morgan fingerprint density at radius 2 is 2.00 bits per heavy atom. The van der Waals surface area contributed by atoms with E-state index in [0.29, 0.717) is 29.0 Å². The van der Waals surface area contributed by atoms with Crippen LogP contribution in [0.4, 0.5) is 5.69 Å². The third kappa shape index (κ3) is 5.52. The van der Waals surface area contributed by atoms with E-state index >= 15 is 0 Å². The first kappa shape index (κ1) is 21.2. The highest BCUT2D eigenvalue weighted by molar-refractivity contribution is 7.99. The molecule has 0 spiro atoms. The number of nitrogens with zero attached hydrogens (tertiary/aromatic N) is 3. The number of para-hydroxylation sites is 1. The number of amides is 1. The highest BCUT2D eigenvalue weighted by atomic mass is 35.5. The summed E-state index contributed by atoms with van der Waals surface area (Å²) in [7, 11) is 0. The van der Waals surface area contributed by atoms with Crippen LogP contribution in [0.15, 0.2) is 47.6 Å². The van der Waals surface area contributed by atoms with E-state index in [9.17, 15) is 4.79 Å². The number of ether oxygens (including phenoxy) is 1. The van der Waals surface area contributed by atoms with Crippen LogP contribution in [-0.2, 0) is 17.9 Å². The summed E-state index contributed by atoms with van der Waals surface area (Å²) in [5.74, 6) is 1.62. The molecule has 0 fully saturated rings. The molecule has 29 heavy (non-hydrogen) atoms. The topological polar surface area (TPSA) is 69.0 Å². The third-order valence-corrected chi connectivity index (χ3v) is 5.59. The van der Waals surface area contributed by atoms with E-state index in [2.05, 4.69) is 21.6 Å². The number of hydrogen-bond donors (Lipinski definition) is 1. The van der Waals surface area contributed by atoms with Gasteiger partial charge < -0.3 is 14.6 Å². The lowest BCUT2D eigenvalue weighted by molar-refractivity contribution is -0.113. The van der Waals surface area contributed by atoms with Gasteiger partial charge in [-0.15, -0.1) is 10.2 Å². The minimum absolute atomic E-state index is 0.151. The standard InChI is InChI=1S/C21H23ClN4O2S/c1-4-26-19(12-28-18-11-14(2)9-10-15(18)3)24-25-21(26)29-13-20(27)23-17-8-6-5-7-16(17)22/h5-11H,4,12-13H2,1-3H3,(H,23,27). The monoisotopic (exact) mass is 430 g/mol. The third-order valence-electron chi connectivity index (χ3n) is 4.29. The van der Waals surface area contributed by atoms with Crippen molar-refractivity contribution in [2.75, 3.05) is 11.1 Å². The summed E-state index contributed by atoms with van der Waals surface area (Å²) in [4.78, 5) is 12.3. The molecule has 3 rings (SSSR count). The number of aromatic nitrogens is 3. The van der Waals surface area contributed by atoms with Crippen molar-refractivity contribution >= 4 is 35.0 Å². The quantitative estimate of drug-likeness (QED) is 0.516. The number of nitrogens with one attached hydrogen (secondary N) is 1. The molecule has 0 unspecified atom stereocenters. The fraction of sp³-hybridized carbons (Fsp3) is 0.286. The van der Waals surface area contributed by atoms with Gasteiger partial charge in [0.2, 0.25) is 5.91 Å². The minimum atomic E-state index is -0.151. The first-order valence-electron chi connectivity index (χ1n) is 9.27. The summed E-state index contributed by atoms with van der Waals surface area (Å²) < 4.78 is 7.91. The SMILES string of the molecule is CCn1c(COc2cc(C)ccc2C)nnc1SCC(=O)Nc1ccccc1Cl. The molecule has 0 saturated carbocycles. The van der Waals surface area contributed by atoms with Gasteiger partial charge in [0.25, 0.3) is 0 Å². The van der Waals surface area contributed by atoms with E-state index in [-0.39, 0.29) is 11.7 Å². The van der Waals surface area contributed by atoms with Crippen LogP contribution in [0.3, 0.4) is 0 Å². The van der Waals surface area contributed by atoms with E-state index in [1.807, 2.05) is 49.6 Å². The highest BCUT2D eigenvalue weighted by Crippen LogP contribution is 2.23. The second-order valence-corrected chi connectivity index (χ2v) is 7.87. The van der Waals surface area contributed by atoms with Crippen LogP contribution in [0.25, 0.3) is 0 Å². The van der Waals surface area contributed by atoms with E-state index in [1.54, 1.807) is 12.1 Å². The predicted molar refractivity (Wildman–Crippen MR) is 117 cm³/mol. The maximum atomic E-state index is 12.3. The van der Waals surface area contributed by atoms with Crippen molar-refractivity contribution in [1.82, 2.24) is 14.8 Å². The average Bonchev–Trinajstić information content (AvgIpc) is 3.10. The Balaban J connectivity index is 1.61. The molecule has 1 amide bonds. The molecular weight excluding hydrogens is 408 g/mol. The summed E-state index contributed by atoms with van der Waals surface area (Å²) in [6.07, 6.45) is 0. The zero-order chi connectivity index (χ0) is 20.8. The lowest BCUT2D eigenvalue weighted by Crippen LogP contribution is -2.15. The van der Waals surface area contributed by atoms with Crippen molar-refractivity contribution < 1.29 is 9.53 Å². The molecule has 1 heterocycles. The zero-order valence-corrected chi connectivity index (χ0v) is 18.2. The van der Waals surface area contributed by atoms with Gasteiger partial charge in [-0.2, -0.15) is 0 Å². The molecule has 0 saturated heterocycles. The summed E-state index contributed by atoms with van der Waals surface area (Å²) in [5.41, 5.74) is 2.81. The molecule has 0 atom stereocenters. The van der Waals surface area contributed by atoms with Gasteiger partial charge in [-0.3, -0.25) is 4.79 Å². The van der Waals surface area contributed by atoms with Crippen molar-refractivity contribution in [2.24, 2.45) is 0 Å². The number of hydrogen-bond acceptors (Lipinski definition) is 5. The van der Waals surface area contributed by atoms with Crippen molar-refractivity contribution in [3.05, 3.63) is 64.4 Å². The Bertz CT molecular complexity index is 1010. The first-order chi connectivity index (χ1) is 14.0. The van der Waals surface area contributed by atoms with E-state index in [0.717, 1.165) is 22.7 Å². The molecule has 152 valence electrons. The molecule has 0 aliphatic carbocycles. The summed E-state index contributed by atoms with van der Waals surface area (Å²) >= 11 is 7.41. The maximum absolute atomic E-state index is 12.3. The molecule has 1 N–H and O–H groups in total. The summed E-state index contributed by atoms with van der Waals surface area (Å²) in [6, 6.07) is 13.2. The van der Waals surface area contributed by atoms with Gasteiger partial charge in [0.05, 0.1) is 16.5 Å². The van der Waals surface area contributed by atoms with Crippen molar-refractivity contribution in [3.63, 3.8) is 0 Å². The predicted octanol–water partition coefficient (Wildman–Crippen LogP) is 4.88. The largest absolute Gasteiger partial charge is 0.485 e. The number of carbonyl (C=O) groups is 1. The van der Waals surface area contributed by atoms with Crippen molar-refractivity contribution in [3.8, 4) is 5.75 Å². The normalized spacial score (nSPS) is 10.8. The second-order valence-electron chi connectivity index (χ2n) is 6.52. The van der Waals surface area contributed by atoms with Gasteiger partial charge in [-0.25, -0.2) is 0 Å². The summed E-state index contributed by atoms with van der Waals surface area (Å²) in [5, 5.41) is 12.5. The van der Waals surface area contributed by atoms with Crippen LogP contribution in [0, 0.1) is 13.8 Å². The number of thioether (sulfide) groups is 1. The van der Waals surface area contributed by atoms with Gasteiger partial charge in [0.1, 0.15) is 12.4 Å². The van der Waals surface area contributed by atoms with E-state index in [1.165, 1.54) is 11.8 Å². The van der Waals surface area contributed by atoms with Gasteiger partial charge in [-0.1, -0.05) is 47.6 Å². The van der Waals surface area contributed by atoms with Crippen LogP contribution in [0.2, 0.25) is 5.02 Å². The van der Waals surface area contributed by atoms with Crippen LogP contribution in [0.5, 0.6) is 5.75 Å². The van der Waals surface area contributed by atoms with Gasteiger partial charge in [-0.05, 0) is 50.1 Å². The minimum Gasteiger partial charge on any atom is -0.485 e. The summed E-state index contributed by atoms with van der Waals surface area (Å²) in [6.45, 7) is 7.06. The smallest absolute Gasteiger partial charge is 0.234 e. The number of anilines is 1. The molecule has 6 nitrogen and oxygen atoms in total. The fourth-order valence-corrected chi connectivity index (χ4v) is 3.74. The number of rotatable bonds is 8. The molecule has 2 aromatic carbocycles.